The first kappa shape index (κ1) is 28.8. The second-order valence-corrected chi connectivity index (χ2v) is 13.0. The van der Waals surface area contributed by atoms with Crippen molar-refractivity contribution >= 4 is 65.9 Å². The minimum absolute atomic E-state index is 0.120. The smallest absolute Gasteiger partial charge is 0.267 e. The number of nitrogens with one attached hydrogen (secondary N) is 1. The number of benzene rings is 1. The van der Waals surface area contributed by atoms with E-state index in [2.05, 4.69) is 0 Å². The van der Waals surface area contributed by atoms with Crippen LogP contribution in [0.4, 0.5) is 5.69 Å². The Labute approximate surface area is 223 Å². The quantitative estimate of drug-likeness (QED) is 0.210. The fraction of sp³-hybridized carbons (Fsp3) is 0.286. The van der Waals surface area contributed by atoms with Crippen LogP contribution in [-0.2, 0) is 29.7 Å². The highest BCUT2D eigenvalue weighted by molar-refractivity contribution is 8.26. The molecule has 0 aliphatic carbocycles. The van der Waals surface area contributed by atoms with Crippen molar-refractivity contribution in [3.8, 4) is 5.75 Å². The molecule has 3 rings (SSSR count). The number of thiocarbonyl (C=S) groups is 1. The van der Waals surface area contributed by atoms with E-state index < -0.39 is 50.4 Å². The van der Waals surface area contributed by atoms with E-state index in [4.69, 9.17) is 21.5 Å². The van der Waals surface area contributed by atoms with Crippen molar-refractivity contribution in [2.24, 2.45) is 0 Å². The maximum absolute atomic E-state index is 12.7. The summed E-state index contributed by atoms with van der Waals surface area (Å²) in [7, 11) is -8.17. The van der Waals surface area contributed by atoms with Crippen molar-refractivity contribution in [2.75, 3.05) is 30.0 Å². The van der Waals surface area contributed by atoms with E-state index in [1.807, 2.05) is 4.72 Å². The van der Waals surface area contributed by atoms with Gasteiger partial charge in [0, 0.05) is 0 Å². The molecule has 2 aliphatic rings. The van der Waals surface area contributed by atoms with Gasteiger partial charge in [-0.05, 0) is 36.8 Å². The molecule has 1 aromatic carbocycles. The number of ether oxygens (including phenoxy) is 1. The maximum atomic E-state index is 12.7. The molecule has 2 amide bonds. The van der Waals surface area contributed by atoms with Gasteiger partial charge >= 0.3 is 0 Å². The minimum Gasteiger partial charge on any atom is -0.439 e. The zero-order chi connectivity index (χ0) is 27.5. The lowest BCUT2D eigenvalue weighted by atomic mass is 10.2. The van der Waals surface area contributed by atoms with Crippen LogP contribution in [0.3, 0.4) is 0 Å². The first-order valence-corrected chi connectivity index (χ1v) is 15.2. The van der Waals surface area contributed by atoms with Gasteiger partial charge in [-0.3, -0.25) is 28.7 Å². The van der Waals surface area contributed by atoms with E-state index in [0.717, 1.165) is 22.9 Å². The number of carbonyl (C=O) groups excluding carboxylic acids is 2. The Morgan fingerprint density at radius 2 is 1.92 bits per heavy atom. The highest BCUT2D eigenvalue weighted by Gasteiger charge is 2.34. The number of β-amino-alcohol motifs (C(OH)–C–C–N with tert-alkyl or cyclic N) is 1. The van der Waals surface area contributed by atoms with E-state index in [9.17, 15) is 31.5 Å². The zero-order valence-electron chi connectivity index (χ0n) is 19.5. The van der Waals surface area contributed by atoms with E-state index in [0.29, 0.717) is 17.0 Å². The predicted molar refractivity (Wildman–Crippen MR) is 142 cm³/mol. The van der Waals surface area contributed by atoms with Gasteiger partial charge < -0.3 is 9.84 Å². The monoisotopic (exact) mass is 589 g/mol. The van der Waals surface area contributed by atoms with E-state index >= 15 is 0 Å². The molecule has 1 saturated heterocycles. The number of carbonyl (C=O) groups is 2. The van der Waals surface area contributed by atoms with Gasteiger partial charge in [0.1, 0.15) is 16.6 Å². The maximum Gasteiger partial charge on any atom is 0.267 e. The average Bonchev–Trinajstić information content (AvgIpc) is 3.21. The second kappa shape index (κ2) is 11.3. The Kier molecular flexibility index (Phi) is 8.81. The topological polar surface area (TPSA) is 171 Å². The number of anilines is 1. The third kappa shape index (κ3) is 8.11. The standard InChI is InChI=1S/C21H23N3O9S4/c1-13(9-17-20(27)24(21(34)35-17)10-14(25)12-37(30,31)32)7-8-19-23(11-18(26)22-36(2,28)29)15-5-3-4-6-16(15)33-19/h3-9,14,25H,10-12H2,1-2H3,(H,22,26)(H,30,31,32)/b13-7+,17-9+,19-8-. The van der Waals surface area contributed by atoms with Crippen molar-refractivity contribution < 1.29 is 40.8 Å². The number of amides is 2. The van der Waals surface area contributed by atoms with E-state index in [1.54, 1.807) is 43.3 Å². The summed E-state index contributed by atoms with van der Waals surface area (Å²) in [6, 6.07) is 6.88. The predicted octanol–water partition coefficient (Wildman–Crippen LogP) is 0.742. The first-order chi connectivity index (χ1) is 17.1. The molecule has 0 radical (unpaired) electrons. The van der Waals surface area contributed by atoms with Crippen LogP contribution in [0.15, 0.2) is 58.9 Å². The van der Waals surface area contributed by atoms with Crippen LogP contribution in [0.2, 0.25) is 0 Å². The van der Waals surface area contributed by atoms with Crippen LogP contribution in [0.5, 0.6) is 5.75 Å². The first-order valence-electron chi connectivity index (χ1n) is 10.4. The Balaban J connectivity index is 1.78. The summed E-state index contributed by atoms with van der Waals surface area (Å²) >= 11 is 6.12. The summed E-state index contributed by atoms with van der Waals surface area (Å²) in [6.07, 6.45) is 4.05. The molecule has 2 heterocycles. The molecular formula is C21H23N3O9S4. The molecule has 12 nitrogen and oxygen atoms in total. The molecular weight excluding hydrogens is 567 g/mol. The Hall–Kier alpha value is -2.76. The highest BCUT2D eigenvalue weighted by atomic mass is 32.2. The third-order valence-electron chi connectivity index (χ3n) is 4.76. The van der Waals surface area contributed by atoms with E-state index in [-0.39, 0.29) is 21.7 Å². The molecule has 1 aromatic rings. The van der Waals surface area contributed by atoms with Gasteiger partial charge in [0.05, 0.1) is 29.5 Å². The molecule has 1 fully saturated rings. The Morgan fingerprint density at radius 3 is 2.57 bits per heavy atom. The van der Waals surface area contributed by atoms with Crippen LogP contribution in [-0.4, -0.2) is 78.7 Å². The summed E-state index contributed by atoms with van der Waals surface area (Å²) in [4.78, 5) is 27.7. The second-order valence-electron chi connectivity index (χ2n) is 8.06. The van der Waals surface area contributed by atoms with Gasteiger partial charge in [-0.25, -0.2) is 8.42 Å². The number of hydrogen-bond acceptors (Lipinski definition) is 11. The number of para-hydroxylation sites is 2. The van der Waals surface area contributed by atoms with Crippen LogP contribution in [0.1, 0.15) is 6.92 Å². The number of nitrogens with zero attached hydrogens (tertiary/aromatic N) is 2. The van der Waals surface area contributed by atoms with Crippen molar-refractivity contribution in [1.29, 1.82) is 0 Å². The lowest BCUT2D eigenvalue weighted by Crippen LogP contribution is -2.38. The number of rotatable bonds is 9. The number of thioether (sulfide) groups is 1. The number of aliphatic hydroxyl groups is 1. The fourth-order valence-electron chi connectivity index (χ4n) is 3.34. The van der Waals surface area contributed by atoms with E-state index in [1.165, 1.54) is 11.0 Å². The van der Waals surface area contributed by atoms with Gasteiger partial charge in [-0.2, -0.15) is 8.42 Å². The minimum atomic E-state index is -4.43. The molecule has 2 aliphatic heterocycles. The molecule has 16 heteroatoms. The normalized spacial score (nSPS) is 19.4. The molecule has 0 spiro atoms. The highest BCUT2D eigenvalue weighted by Crippen LogP contribution is 2.38. The number of allylic oxidation sites excluding steroid dienone is 4. The van der Waals surface area contributed by atoms with Crippen molar-refractivity contribution in [3.05, 3.63) is 58.9 Å². The zero-order valence-corrected chi connectivity index (χ0v) is 22.8. The molecule has 37 heavy (non-hydrogen) atoms. The molecule has 0 saturated carbocycles. The summed E-state index contributed by atoms with van der Waals surface area (Å²) in [5.74, 6) is -1.51. The van der Waals surface area contributed by atoms with Gasteiger partial charge in [-0.15, -0.1) is 0 Å². The third-order valence-corrected chi connectivity index (χ3v) is 7.54. The number of sulfonamides is 1. The Bertz CT molecular complexity index is 1430. The molecule has 200 valence electrons. The van der Waals surface area contributed by atoms with Gasteiger partial charge in [0.25, 0.3) is 21.9 Å². The fourth-order valence-corrected chi connectivity index (χ4v) is 5.74. The lowest BCUT2D eigenvalue weighted by molar-refractivity contribution is -0.123. The SMILES string of the molecule is CC(=C\C=C1/Oc2ccccc2N1CC(=O)NS(C)(=O)=O)/C=C1/SC(=S)N(CC(O)CS(=O)(=O)O)C1=O. The summed E-state index contributed by atoms with van der Waals surface area (Å²) < 4.78 is 61.4. The molecule has 0 aromatic heterocycles. The van der Waals surface area contributed by atoms with Gasteiger partial charge in [0.2, 0.25) is 15.9 Å². The largest absolute Gasteiger partial charge is 0.439 e. The van der Waals surface area contributed by atoms with Crippen LogP contribution in [0.25, 0.3) is 0 Å². The Morgan fingerprint density at radius 1 is 1.24 bits per heavy atom. The van der Waals surface area contributed by atoms with Gasteiger partial charge in [0.15, 0.2) is 5.75 Å². The summed E-state index contributed by atoms with van der Waals surface area (Å²) in [5, 5.41) is 9.86. The van der Waals surface area contributed by atoms with Crippen LogP contribution < -0.4 is 14.4 Å². The number of hydrogen-bond donors (Lipinski definition) is 3. The van der Waals surface area contributed by atoms with Crippen molar-refractivity contribution in [3.63, 3.8) is 0 Å². The average molecular weight is 590 g/mol. The molecule has 1 atom stereocenters. The van der Waals surface area contributed by atoms with Crippen molar-refractivity contribution in [1.82, 2.24) is 9.62 Å². The molecule has 0 bridgehead atoms. The summed E-state index contributed by atoms with van der Waals surface area (Å²) in [6.45, 7) is 0.970. The number of fused-ring (bicyclic) bond motifs is 1. The molecule has 1 unspecified atom stereocenters. The van der Waals surface area contributed by atoms with Crippen LogP contribution >= 0.6 is 24.0 Å². The molecule has 3 N–H and O–H groups in total. The number of aliphatic hydroxyl groups excluding tert-OH is 1. The van der Waals surface area contributed by atoms with Gasteiger partial charge in [-0.1, -0.05) is 42.2 Å². The summed E-state index contributed by atoms with van der Waals surface area (Å²) in [5.41, 5.74) is 1.15. The van der Waals surface area contributed by atoms with Crippen LogP contribution in [0, 0.1) is 0 Å². The van der Waals surface area contributed by atoms with Crippen molar-refractivity contribution in [2.45, 2.75) is 13.0 Å². The lowest BCUT2D eigenvalue weighted by Gasteiger charge is -2.17.